The first kappa shape index (κ1) is 40.2. The number of hydrogen-bond acceptors (Lipinski definition) is 11. The van der Waals surface area contributed by atoms with Gasteiger partial charge in [-0.15, -0.1) is 4.90 Å². The van der Waals surface area contributed by atoms with E-state index in [0.717, 1.165) is 0 Å². The quantitative estimate of drug-likeness (QED) is 0.216. The summed E-state index contributed by atoms with van der Waals surface area (Å²) >= 11 is 0. The summed E-state index contributed by atoms with van der Waals surface area (Å²) in [5.41, 5.74) is -4.78. The van der Waals surface area contributed by atoms with Gasteiger partial charge in [0.2, 0.25) is 5.95 Å². The van der Waals surface area contributed by atoms with Gasteiger partial charge in [0, 0.05) is 18.9 Å². The second-order valence-corrected chi connectivity index (χ2v) is 15.7. The molecule has 1 aromatic rings. The molecule has 262 valence electrons. The van der Waals surface area contributed by atoms with Gasteiger partial charge >= 0.3 is 30.3 Å². The molecule has 0 radical (unpaired) electrons. The van der Waals surface area contributed by atoms with Crippen molar-refractivity contribution in [2.75, 3.05) is 4.90 Å². The van der Waals surface area contributed by atoms with Crippen molar-refractivity contribution in [1.29, 1.82) is 0 Å². The topological polar surface area (TPSA) is 156 Å². The van der Waals surface area contributed by atoms with Crippen LogP contribution in [0.2, 0.25) is 0 Å². The number of carbonyl (C=O) groups excluding carboxylic acids is 5. The summed E-state index contributed by atoms with van der Waals surface area (Å²) in [5.74, 6) is -0.937. The Kier molecular flexibility index (Phi) is 12.9. The molecule has 0 fully saturated rings. The molecular formula is C32H54N4O10. The van der Waals surface area contributed by atoms with Gasteiger partial charge in [-0.25, -0.2) is 29.0 Å². The lowest BCUT2D eigenvalue weighted by Crippen LogP contribution is -2.53. The maximum absolute atomic E-state index is 13.5. The van der Waals surface area contributed by atoms with E-state index in [0.29, 0.717) is 9.80 Å². The molecule has 1 aromatic heterocycles. The van der Waals surface area contributed by atoms with Gasteiger partial charge in [-0.2, -0.15) is 4.90 Å². The summed E-state index contributed by atoms with van der Waals surface area (Å²) in [6.45, 7) is 24.8. The number of amides is 4. The average Bonchev–Trinajstić information content (AvgIpc) is 3.19. The van der Waals surface area contributed by atoms with Crippen LogP contribution in [0, 0.1) is 0 Å². The lowest BCUT2D eigenvalue weighted by atomic mass is 10.1. The van der Waals surface area contributed by atoms with E-state index < -0.39 is 64.4 Å². The minimum absolute atomic E-state index is 0.0894. The highest BCUT2D eigenvalue weighted by atomic mass is 16.6. The van der Waals surface area contributed by atoms with E-state index >= 15 is 0 Å². The van der Waals surface area contributed by atoms with E-state index in [2.05, 4.69) is 4.98 Å². The Hall–Kier alpha value is -3.84. The Labute approximate surface area is 273 Å². The molecule has 14 nitrogen and oxygen atoms in total. The van der Waals surface area contributed by atoms with Crippen molar-refractivity contribution in [3.8, 4) is 0 Å². The molecule has 46 heavy (non-hydrogen) atoms. The first-order chi connectivity index (χ1) is 20.5. The molecule has 0 N–H and O–H groups in total. The number of carbonyl (C=O) groups is 5. The molecule has 14 heteroatoms. The first-order valence-electron chi connectivity index (χ1n) is 15.2. The van der Waals surface area contributed by atoms with Crippen LogP contribution < -0.4 is 4.90 Å². The zero-order valence-electron chi connectivity index (χ0n) is 30.2. The van der Waals surface area contributed by atoms with Crippen molar-refractivity contribution >= 4 is 36.3 Å². The number of esters is 1. The van der Waals surface area contributed by atoms with Crippen LogP contribution in [-0.4, -0.2) is 78.8 Å². The maximum Gasteiger partial charge on any atom is 0.427 e. The minimum atomic E-state index is -1.44. The predicted octanol–water partition coefficient (Wildman–Crippen LogP) is 7.22. The van der Waals surface area contributed by atoms with E-state index in [-0.39, 0.29) is 25.3 Å². The van der Waals surface area contributed by atoms with E-state index in [1.807, 2.05) is 0 Å². The summed E-state index contributed by atoms with van der Waals surface area (Å²) < 4.78 is 29.0. The minimum Gasteiger partial charge on any atom is -0.458 e. The molecule has 1 heterocycles. The number of nitrogens with zero attached hydrogens (tertiary/aromatic N) is 4. The lowest BCUT2D eigenvalue weighted by molar-refractivity contribution is -0.161. The van der Waals surface area contributed by atoms with Gasteiger partial charge < -0.3 is 28.3 Å². The predicted molar refractivity (Wildman–Crippen MR) is 170 cm³/mol. The van der Waals surface area contributed by atoms with Gasteiger partial charge in [0.25, 0.3) is 0 Å². The van der Waals surface area contributed by atoms with Crippen molar-refractivity contribution in [3.63, 3.8) is 0 Å². The highest BCUT2D eigenvalue weighted by Gasteiger charge is 2.42. The van der Waals surface area contributed by atoms with Crippen LogP contribution in [0.5, 0.6) is 0 Å². The van der Waals surface area contributed by atoms with Crippen molar-refractivity contribution in [2.24, 2.45) is 0 Å². The highest BCUT2D eigenvalue weighted by molar-refractivity contribution is 6.08. The third-order valence-corrected chi connectivity index (χ3v) is 5.09. The number of rotatable bonds is 7. The molecule has 0 saturated heterocycles. The lowest BCUT2D eigenvalue weighted by Gasteiger charge is -2.33. The number of imidazole rings is 1. The van der Waals surface area contributed by atoms with Gasteiger partial charge in [-0.1, -0.05) is 0 Å². The largest absolute Gasteiger partial charge is 0.458 e. The van der Waals surface area contributed by atoms with Gasteiger partial charge in [-0.05, 0) is 117 Å². The van der Waals surface area contributed by atoms with Crippen molar-refractivity contribution in [3.05, 3.63) is 12.4 Å². The maximum atomic E-state index is 13.5. The standard InChI is InChI=1S/C32H54N4O10/c1-28(2,3)42-22(37)21(35(24(38)43-29(4,5)6)25(39)44-30(7,8)9)17-16-19-34-20-18-33-23(34)36(26(40)45-31(10,11)12)27(41)46-32(13,14)15/h18,20-21H,16-17,19H2,1-15H3/t21-/m0/s1. The molecule has 0 saturated carbocycles. The van der Waals surface area contributed by atoms with Gasteiger partial charge in [0.1, 0.15) is 34.0 Å². The normalized spacial score (nSPS) is 13.3. The molecule has 1 atom stereocenters. The van der Waals surface area contributed by atoms with Crippen LogP contribution in [0.1, 0.15) is 117 Å². The average molecular weight is 655 g/mol. The molecule has 1 rings (SSSR count). The van der Waals surface area contributed by atoms with Crippen LogP contribution >= 0.6 is 0 Å². The van der Waals surface area contributed by atoms with Gasteiger partial charge in [0.05, 0.1) is 0 Å². The highest BCUT2D eigenvalue weighted by Crippen LogP contribution is 2.24. The monoisotopic (exact) mass is 654 g/mol. The number of aryl methyl sites for hydroxylation is 1. The smallest absolute Gasteiger partial charge is 0.427 e. The summed E-state index contributed by atoms with van der Waals surface area (Å²) in [5, 5.41) is 0. The fraction of sp³-hybridized carbons (Fsp3) is 0.750. The third kappa shape index (κ3) is 14.5. The van der Waals surface area contributed by atoms with E-state index in [1.54, 1.807) is 104 Å². The van der Waals surface area contributed by atoms with Gasteiger partial charge in [-0.3, -0.25) is 0 Å². The van der Waals surface area contributed by atoms with Crippen LogP contribution in [0.3, 0.4) is 0 Å². The number of hydrogen-bond donors (Lipinski definition) is 0. The Morgan fingerprint density at radius 1 is 0.630 bits per heavy atom. The Bertz CT molecular complexity index is 1180. The third-order valence-electron chi connectivity index (χ3n) is 5.09. The number of aromatic nitrogens is 2. The number of anilines is 1. The molecule has 0 unspecified atom stereocenters. The van der Waals surface area contributed by atoms with E-state index in [9.17, 15) is 24.0 Å². The molecule has 0 aliphatic carbocycles. The zero-order chi connectivity index (χ0) is 36.1. The van der Waals surface area contributed by atoms with E-state index in [1.165, 1.54) is 17.0 Å². The SMILES string of the molecule is CC(C)(C)OC(=O)[C@H](CCCn1ccnc1N(C(=O)OC(C)(C)C)C(=O)OC(C)(C)C)N(C(=O)OC(C)(C)C)C(=O)OC(C)(C)C. The summed E-state index contributed by atoms with van der Waals surface area (Å²) in [7, 11) is 0. The summed E-state index contributed by atoms with van der Waals surface area (Å²) in [6.07, 6.45) is -1.20. The Morgan fingerprint density at radius 3 is 1.37 bits per heavy atom. The number of imide groups is 2. The van der Waals surface area contributed by atoms with E-state index in [4.69, 9.17) is 23.7 Å². The van der Waals surface area contributed by atoms with Crippen molar-refractivity contribution in [2.45, 2.75) is 157 Å². The second kappa shape index (κ2) is 14.7. The second-order valence-electron chi connectivity index (χ2n) is 15.7. The van der Waals surface area contributed by atoms with Crippen LogP contribution in [-0.2, 0) is 35.0 Å². The molecule has 0 aliphatic rings. The Morgan fingerprint density at radius 2 is 1.00 bits per heavy atom. The molecular weight excluding hydrogens is 600 g/mol. The van der Waals surface area contributed by atoms with Gasteiger partial charge in [0.15, 0.2) is 0 Å². The molecule has 4 amide bonds. The molecule has 0 aliphatic heterocycles. The van der Waals surface area contributed by atoms with Crippen LogP contribution in [0.4, 0.5) is 25.1 Å². The Balaban J connectivity index is 3.51. The fourth-order valence-electron chi connectivity index (χ4n) is 3.66. The van der Waals surface area contributed by atoms with Crippen molar-refractivity contribution < 1.29 is 47.7 Å². The van der Waals surface area contributed by atoms with Crippen LogP contribution in [0.25, 0.3) is 0 Å². The van der Waals surface area contributed by atoms with Crippen LogP contribution in [0.15, 0.2) is 12.4 Å². The molecule has 0 spiro atoms. The van der Waals surface area contributed by atoms with Crippen molar-refractivity contribution in [1.82, 2.24) is 14.5 Å². The fourth-order valence-corrected chi connectivity index (χ4v) is 3.66. The first-order valence-corrected chi connectivity index (χ1v) is 15.2. The zero-order valence-corrected chi connectivity index (χ0v) is 30.2. The summed E-state index contributed by atoms with van der Waals surface area (Å²) in [4.78, 5) is 72.2. The number of ether oxygens (including phenoxy) is 5. The molecule has 0 bridgehead atoms. The summed E-state index contributed by atoms with van der Waals surface area (Å²) in [6, 6.07) is -1.44. The molecule has 0 aromatic carbocycles.